The molecule has 170 valence electrons. The van der Waals surface area contributed by atoms with Gasteiger partial charge in [0.15, 0.2) is 5.78 Å². The standard InChI is InChI=1S/C27H44O3/c1-16(2)7-6-8-17(3)25-23(29)14-22-20-10-9-18-13-19(28)11-12-26(18,4)21(20)15-24(30)27(22,25)5/h13,16-17,20-25,29-30H,6-12,14-15H2,1-5H3/t17-,20?,21?,22?,23+,24+,25+,26+,27-/m1/s1. The molecule has 0 bridgehead atoms. The van der Waals surface area contributed by atoms with Gasteiger partial charge >= 0.3 is 0 Å². The molecule has 4 aliphatic rings. The van der Waals surface area contributed by atoms with Crippen LogP contribution in [0.1, 0.15) is 92.4 Å². The number of aliphatic hydroxyl groups excluding tert-OH is 2. The SMILES string of the molecule is CC(C)CCC[C@@H](C)[C@H]1[C@@H](O)CC2C3CCC4=CC(=O)CC[C@]4(C)C3C[C@H](O)[C@@]21C. The largest absolute Gasteiger partial charge is 0.393 e. The van der Waals surface area contributed by atoms with Crippen LogP contribution in [0.3, 0.4) is 0 Å². The molecule has 0 aromatic heterocycles. The number of aliphatic hydroxyl groups is 2. The Balaban J connectivity index is 1.59. The quantitative estimate of drug-likeness (QED) is 0.619. The van der Waals surface area contributed by atoms with Crippen LogP contribution in [0.25, 0.3) is 0 Å². The van der Waals surface area contributed by atoms with Gasteiger partial charge in [-0.1, -0.05) is 59.5 Å². The van der Waals surface area contributed by atoms with E-state index in [9.17, 15) is 15.0 Å². The van der Waals surface area contributed by atoms with Gasteiger partial charge in [0.1, 0.15) is 0 Å². The molecule has 0 saturated heterocycles. The lowest BCUT2D eigenvalue weighted by Gasteiger charge is -2.60. The third kappa shape index (κ3) is 3.43. The van der Waals surface area contributed by atoms with Crippen molar-refractivity contribution < 1.29 is 15.0 Å². The predicted molar refractivity (Wildman–Crippen MR) is 121 cm³/mol. The first-order valence-corrected chi connectivity index (χ1v) is 12.7. The van der Waals surface area contributed by atoms with Crippen molar-refractivity contribution in [1.82, 2.24) is 0 Å². The van der Waals surface area contributed by atoms with Gasteiger partial charge < -0.3 is 10.2 Å². The predicted octanol–water partition coefficient (Wildman–Crippen LogP) is 5.54. The summed E-state index contributed by atoms with van der Waals surface area (Å²) in [5.41, 5.74) is 1.22. The minimum absolute atomic E-state index is 0.0606. The molecule has 0 heterocycles. The molecule has 0 radical (unpaired) electrons. The number of rotatable bonds is 5. The highest BCUT2D eigenvalue weighted by Crippen LogP contribution is 2.67. The number of carbonyl (C=O) groups is 1. The molecular weight excluding hydrogens is 372 g/mol. The number of ketones is 1. The molecule has 0 aromatic carbocycles. The second kappa shape index (κ2) is 8.03. The van der Waals surface area contributed by atoms with Crippen molar-refractivity contribution in [3.63, 3.8) is 0 Å². The Morgan fingerprint density at radius 2 is 1.80 bits per heavy atom. The fraction of sp³-hybridized carbons (Fsp3) is 0.889. The van der Waals surface area contributed by atoms with E-state index in [1.165, 1.54) is 18.4 Å². The molecule has 4 rings (SSSR count). The number of carbonyl (C=O) groups excluding carboxylic acids is 1. The maximum Gasteiger partial charge on any atom is 0.155 e. The molecule has 3 nitrogen and oxygen atoms in total. The van der Waals surface area contributed by atoms with Crippen molar-refractivity contribution in [2.75, 3.05) is 0 Å². The van der Waals surface area contributed by atoms with E-state index in [2.05, 4.69) is 34.6 Å². The average molecular weight is 417 g/mol. The van der Waals surface area contributed by atoms with Gasteiger partial charge in [-0.3, -0.25) is 4.79 Å². The average Bonchev–Trinajstić information content (AvgIpc) is 2.95. The fourth-order valence-electron chi connectivity index (χ4n) is 8.61. The maximum atomic E-state index is 12.0. The maximum absolute atomic E-state index is 12.0. The molecule has 0 aliphatic heterocycles. The third-order valence-corrected chi connectivity index (χ3v) is 10.2. The smallest absolute Gasteiger partial charge is 0.155 e. The van der Waals surface area contributed by atoms with E-state index in [0.29, 0.717) is 30.1 Å². The summed E-state index contributed by atoms with van der Waals surface area (Å²) < 4.78 is 0. The molecule has 2 N–H and O–H groups in total. The summed E-state index contributed by atoms with van der Waals surface area (Å²) >= 11 is 0. The van der Waals surface area contributed by atoms with Gasteiger partial charge in [-0.05, 0) is 79.1 Å². The Labute approximate surface area is 183 Å². The summed E-state index contributed by atoms with van der Waals surface area (Å²) in [6.07, 6.45) is 10.3. The van der Waals surface area contributed by atoms with Gasteiger partial charge in [0, 0.05) is 11.8 Å². The van der Waals surface area contributed by atoms with Crippen LogP contribution in [-0.4, -0.2) is 28.2 Å². The van der Waals surface area contributed by atoms with Crippen molar-refractivity contribution in [1.29, 1.82) is 0 Å². The van der Waals surface area contributed by atoms with Gasteiger partial charge in [0.2, 0.25) is 0 Å². The number of fused-ring (bicyclic) bond motifs is 5. The topological polar surface area (TPSA) is 57.5 Å². The first-order chi connectivity index (χ1) is 14.1. The van der Waals surface area contributed by atoms with Crippen molar-refractivity contribution in [3.05, 3.63) is 11.6 Å². The minimum atomic E-state index is -0.354. The van der Waals surface area contributed by atoms with Crippen LogP contribution in [0.15, 0.2) is 11.6 Å². The van der Waals surface area contributed by atoms with E-state index in [1.54, 1.807) is 0 Å². The number of hydrogen-bond donors (Lipinski definition) is 2. The van der Waals surface area contributed by atoms with Gasteiger partial charge in [-0.2, -0.15) is 0 Å². The summed E-state index contributed by atoms with van der Waals surface area (Å²) in [7, 11) is 0. The van der Waals surface area contributed by atoms with E-state index in [4.69, 9.17) is 0 Å². The molecule has 3 unspecified atom stereocenters. The molecule has 3 heteroatoms. The molecule has 3 saturated carbocycles. The molecule has 0 spiro atoms. The first-order valence-electron chi connectivity index (χ1n) is 12.7. The molecule has 0 aromatic rings. The Morgan fingerprint density at radius 1 is 1.07 bits per heavy atom. The van der Waals surface area contributed by atoms with Crippen LogP contribution in [-0.2, 0) is 4.79 Å². The highest BCUT2D eigenvalue weighted by Gasteiger charge is 2.65. The van der Waals surface area contributed by atoms with Crippen LogP contribution in [0.4, 0.5) is 0 Å². The zero-order valence-corrected chi connectivity index (χ0v) is 19.9. The Hall–Kier alpha value is -0.670. The minimum Gasteiger partial charge on any atom is -0.393 e. The molecule has 4 aliphatic carbocycles. The third-order valence-electron chi connectivity index (χ3n) is 10.2. The van der Waals surface area contributed by atoms with Gasteiger partial charge in [-0.25, -0.2) is 0 Å². The Bertz CT molecular complexity index is 696. The van der Waals surface area contributed by atoms with Crippen LogP contribution < -0.4 is 0 Å². The Kier molecular flexibility index (Phi) is 6.03. The molecular formula is C27H44O3. The lowest BCUT2D eigenvalue weighted by atomic mass is 9.45. The van der Waals surface area contributed by atoms with Crippen LogP contribution in [0.5, 0.6) is 0 Å². The van der Waals surface area contributed by atoms with Crippen LogP contribution >= 0.6 is 0 Å². The molecule has 9 atom stereocenters. The van der Waals surface area contributed by atoms with E-state index in [-0.39, 0.29) is 34.7 Å². The molecule has 3 fully saturated rings. The van der Waals surface area contributed by atoms with Gasteiger partial charge in [-0.15, -0.1) is 0 Å². The van der Waals surface area contributed by atoms with Crippen LogP contribution in [0.2, 0.25) is 0 Å². The zero-order valence-electron chi connectivity index (χ0n) is 19.9. The van der Waals surface area contributed by atoms with E-state index in [0.717, 1.165) is 44.4 Å². The summed E-state index contributed by atoms with van der Waals surface area (Å²) in [5.74, 6) is 3.06. The van der Waals surface area contributed by atoms with E-state index in [1.807, 2.05) is 6.08 Å². The number of allylic oxidation sites excluding steroid dienone is 1. The van der Waals surface area contributed by atoms with E-state index < -0.39 is 0 Å². The van der Waals surface area contributed by atoms with Crippen molar-refractivity contribution in [2.24, 2.45) is 46.3 Å². The lowest BCUT2D eigenvalue weighted by molar-refractivity contribution is -0.144. The molecule has 0 amide bonds. The number of hydrogen-bond acceptors (Lipinski definition) is 3. The highest BCUT2D eigenvalue weighted by molar-refractivity contribution is 5.91. The second-order valence-electron chi connectivity index (χ2n) is 12.2. The summed E-state index contributed by atoms with van der Waals surface area (Å²) in [6, 6.07) is 0. The van der Waals surface area contributed by atoms with E-state index >= 15 is 0 Å². The summed E-state index contributed by atoms with van der Waals surface area (Å²) in [4.78, 5) is 12.0. The fourth-order valence-corrected chi connectivity index (χ4v) is 8.61. The zero-order chi connectivity index (χ0) is 21.8. The Morgan fingerprint density at radius 3 is 2.50 bits per heavy atom. The highest BCUT2D eigenvalue weighted by atomic mass is 16.3. The monoisotopic (exact) mass is 416 g/mol. The second-order valence-corrected chi connectivity index (χ2v) is 12.2. The molecule has 30 heavy (non-hydrogen) atoms. The van der Waals surface area contributed by atoms with Crippen molar-refractivity contribution in [2.45, 2.75) is 105 Å². The van der Waals surface area contributed by atoms with Gasteiger partial charge in [0.25, 0.3) is 0 Å². The summed E-state index contributed by atoms with van der Waals surface area (Å²) in [5, 5.41) is 22.8. The van der Waals surface area contributed by atoms with Crippen LogP contribution in [0, 0.1) is 46.3 Å². The summed E-state index contributed by atoms with van der Waals surface area (Å²) in [6.45, 7) is 11.5. The van der Waals surface area contributed by atoms with Gasteiger partial charge in [0.05, 0.1) is 12.2 Å². The lowest BCUT2D eigenvalue weighted by Crippen LogP contribution is -2.57. The normalized spacial score (nSPS) is 46.8. The van der Waals surface area contributed by atoms with Crippen molar-refractivity contribution >= 4 is 5.78 Å². The first kappa shape index (κ1) is 22.5. The van der Waals surface area contributed by atoms with Crippen molar-refractivity contribution in [3.8, 4) is 0 Å².